The fourth-order valence-corrected chi connectivity index (χ4v) is 1.88. The van der Waals surface area contributed by atoms with Crippen molar-refractivity contribution in [3.8, 4) is 17.2 Å². The molecule has 2 aromatic carbocycles. The maximum absolute atomic E-state index is 9.07. The molecule has 0 spiro atoms. The number of nitrogens with zero attached hydrogens (tertiary/aromatic N) is 1. The van der Waals surface area contributed by atoms with E-state index >= 15 is 0 Å². The van der Waals surface area contributed by atoms with Crippen LogP contribution in [0.2, 0.25) is 0 Å². The second kappa shape index (κ2) is 4.84. The van der Waals surface area contributed by atoms with Gasteiger partial charge in [-0.2, -0.15) is 5.26 Å². The van der Waals surface area contributed by atoms with E-state index in [1.807, 2.05) is 24.3 Å². The van der Waals surface area contributed by atoms with Gasteiger partial charge in [-0.05, 0) is 28.7 Å². The molecule has 0 aliphatic heterocycles. The molecule has 2 rings (SSSR count). The Bertz CT molecular complexity index is 544. The fraction of sp³-hybridized carbons (Fsp3) is 0.188. The number of hydrogen-bond acceptors (Lipinski definition) is 1. The third-order valence-electron chi connectivity index (χ3n) is 2.94. The van der Waals surface area contributed by atoms with Crippen molar-refractivity contribution in [1.82, 2.24) is 0 Å². The van der Waals surface area contributed by atoms with Crippen molar-refractivity contribution in [3.63, 3.8) is 0 Å². The average Bonchev–Trinajstić information content (AvgIpc) is 2.39. The van der Waals surface area contributed by atoms with Crippen LogP contribution in [0.5, 0.6) is 0 Å². The first-order valence-electron chi connectivity index (χ1n) is 5.82. The van der Waals surface area contributed by atoms with Crippen LogP contribution < -0.4 is 0 Å². The zero-order chi connectivity index (χ0) is 12.3. The van der Waals surface area contributed by atoms with Crippen molar-refractivity contribution in [1.29, 1.82) is 5.26 Å². The topological polar surface area (TPSA) is 23.8 Å². The molecular formula is C16H15N. The normalized spacial score (nSPS) is 10.2. The van der Waals surface area contributed by atoms with Gasteiger partial charge in [0.15, 0.2) is 0 Å². The van der Waals surface area contributed by atoms with Gasteiger partial charge in [-0.25, -0.2) is 0 Å². The maximum Gasteiger partial charge on any atom is 0.0998 e. The smallest absolute Gasteiger partial charge is 0.0998 e. The molecule has 17 heavy (non-hydrogen) atoms. The summed E-state index contributed by atoms with van der Waals surface area (Å²) in [4.78, 5) is 0. The number of benzene rings is 2. The minimum Gasteiger partial charge on any atom is -0.192 e. The van der Waals surface area contributed by atoms with Crippen molar-refractivity contribution < 1.29 is 0 Å². The van der Waals surface area contributed by atoms with Gasteiger partial charge in [0, 0.05) is 0 Å². The van der Waals surface area contributed by atoms with Crippen LogP contribution in [-0.2, 0) is 0 Å². The van der Waals surface area contributed by atoms with Gasteiger partial charge in [0.1, 0.15) is 0 Å². The second-order valence-electron chi connectivity index (χ2n) is 4.43. The van der Waals surface area contributed by atoms with E-state index in [9.17, 15) is 0 Å². The van der Waals surface area contributed by atoms with E-state index in [2.05, 4.69) is 44.2 Å². The predicted octanol–water partition coefficient (Wildman–Crippen LogP) is 4.35. The molecule has 0 unspecified atom stereocenters. The summed E-state index contributed by atoms with van der Waals surface area (Å²) in [5.74, 6) is 0.537. The SMILES string of the molecule is CC(C)c1ccc(-c2ccccc2C#N)cc1. The Morgan fingerprint density at radius 3 is 2.18 bits per heavy atom. The van der Waals surface area contributed by atoms with Gasteiger partial charge in [-0.1, -0.05) is 56.3 Å². The monoisotopic (exact) mass is 221 g/mol. The van der Waals surface area contributed by atoms with Gasteiger partial charge in [-0.15, -0.1) is 0 Å². The zero-order valence-corrected chi connectivity index (χ0v) is 10.1. The molecule has 0 N–H and O–H groups in total. The van der Waals surface area contributed by atoms with Gasteiger partial charge in [-0.3, -0.25) is 0 Å². The number of nitriles is 1. The Morgan fingerprint density at radius 2 is 1.59 bits per heavy atom. The zero-order valence-electron chi connectivity index (χ0n) is 10.1. The van der Waals surface area contributed by atoms with Crippen LogP contribution >= 0.6 is 0 Å². The summed E-state index contributed by atoms with van der Waals surface area (Å²) >= 11 is 0. The molecular weight excluding hydrogens is 206 g/mol. The Kier molecular flexibility index (Phi) is 3.25. The first kappa shape index (κ1) is 11.4. The van der Waals surface area contributed by atoms with Gasteiger partial charge < -0.3 is 0 Å². The molecule has 0 saturated carbocycles. The van der Waals surface area contributed by atoms with E-state index in [0.717, 1.165) is 16.7 Å². The summed E-state index contributed by atoms with van der Waals surface area (Å²) in [5, 5.41) is 9.07. The highest BCUT2D eigenvalue weighted by molar-refractivity contribution is 5.70. The van der Waals surface area contributed by atoms with Gasteiger partial charge in [0.05, 0.1) is 11.6 Å². The summed E-state index contributed by atoms with van der Waals surface area (Å²) in [6, 6.07) is 18.4. The minimum atomic E-state index is 0.537. The lowest BCUT2D eigenvalue weighted by molar-refractivity contribution is 0.867. The highest BCUT2D eigenvalue weighted by Gasteiger charge is 2.04. The van der Waals surface area contributed by atoms with Gasteiger partial charge in [0.25, 0.3) is 0 Å². The molecule has 1 nitrogen and oxygen atoms in total. The van der Waals surface area contributed by atoms with Crippen molar-refractivity contribution >= 4 is 0 Å². The molecule has 0 atom stereocenters. The van der Waals surface area contributed by atoms with Crippen LogP contribution in [0.4, 0.5) is 0 Å². The van der Waals surface area contributed by atoms with Crippen molar-refractivity contribution in [2.75, 3.05) is 0 Å². The fourth-order valence-electron chi connectivity index (χ4n) is 1.88. The van der Waals surface area contributed by atoms with Crippen molar-refractivity contribution in [2.24, 2.45) is 0 Å². The van der Waals surface area contributed by atoms with Crippen LogP contribution in [0.15, 0.2) is 48.5 Å². The summed E-state index contributed by atoms with van der Waals surface area (Å²) in [5.41, 5.74) is 4.16. The molecule has 0 aliphatic carbocycles. The molecule has 2 aromatic rings. The lowest BCUT2D eigenvalue weighted by Crippen LogP contribution is -1.88. The van der Waals surface area contributed by atoms with E-state index in [1.54, 1.807) is 0 Å². The van der Waals surface area contributed by atoms with Crippen LogP contribution in [0.1, 0.15) is 30.9 Å². The largest absolute Gasteiger partial charge is 0.192 e. The van der Waals surface area contributed by atoms with Gasteiger partial charge in [0.2, 0.25) is 0 Å². The van der Waals surface area contributed by atoms with Crippen molar-refractivity contribution in [2.45, 2.75) is 19.8 Å². The first-order valence-corrected chi connectivity index (χ1v) is 5.82. The quantitative estimate of drug-likeness (QED) is 0.739. The van der Waals surface area contributed by atoms with E-state index < -0.39 is 0 Å². The lowest BCUT2D eigenvalue weighted by Gasteiger charge is -2.08. The highest BCUT2D eigenvalue weighted by Crippen LogP contribution is 2.25. The predicted molar refractivity (Wildman–Crippen MR) is 70.7 cm³/mol. The Balaban J connectivity index is 2.44. The van der Waals surface area contributed by atoms with E-state index in [-0.39, 0.29) is 0 Å². The third-order valence-corrected chi connectivity index (χ3v) is 2.94. The summed E-state index contributed by atoms with van der Waals surface area (Å²) < 4.78 is 0. The lowest BCUT2D eigenvalue weighted by atomic mass is 9.96. The molecule has 0 amide bonds. The molecule has 1 heteroatoms. The Labute approximate surface area is 102 Å². The molecule has 0 saturated heterocycles. The number of rotatable bonds is 2. The standard InChI is InChI=1S/C16H15N/c1-12(2)13-7-9-14(10-8-13)16-6-4-3-5-15(16)11-17/h3-10,12H,1-2H3. The minimum absolute atomic E-state index is 0.537. The molecule has 0 bridgehead atoms. The van der Waals surface area contributed by atoms with Crippen LogP contribution in [0.3, 0.4) is 0 Å². The molecule has 0 aromatic heterocycles. The molecule has 84 valence electrons. The van der Waals surface area contributed by atoms with E-state index in [0.29, 0.717) is 5.92 Å². The van der Waals surface area contributed by atoms with Crippen LogP contribution in [0.25, 0.3) is 11.1 Å². The van der Waals surface area contributed by atoms with Gasteiger partial charge >= 0.3 is 0 Å². The summed E-state index contributed by atoms with van der Waals surface area (Å²) in [6.07, 6.45) is 0. The summed E-state index contributed by atoms with van der Waals surface area (Å²) in [6.45, 7) is 4.36. The molecule has 0 heterocycles. The second-order valence-corrected chi connectivity index (χ2v) is 4.43. The number of hydrogen-bond donors (Lipinski definition) is 0. The molecule has 0 radical (unpaired) electrons. The summed E-state index contributed by atoms with van der Waals surface area (Å²) in [7, 11) is 0. The highest BCUT2D eigenvalue weighted by atomic mass is 14.2. The molecule has 0 aliphatic rings. The third kappa shape index (κ3) is 2.37. The average molecular weight is 221 g/mol. The molecule has 0 fully saturated rings. The Morgan fingerprint density at radius 1 is 0.941 bits per heavy atom. The van der Waals surface area contributed by atoms with Crippen molar-refractivity contribution in [3.05, 3.63) is 59.7 Å². The Hall–Kier alpha value is -2.07. The van der Waals surface area contributed by atoms with E-state index in [4.69, 9.17) is 5.26 Å². The van der Waals surface area contributed by atoms with E-state index in [1.165, 1.54) is 5.56 Å². The maximum atomic E-state index is 9.07. The first-order chi connectivity index (χ1) is 8.22. The van der Waals surface area contributed by atoms with Crippen LogP contribution in [0, 0.1) is 11.3 Å². The van der Waals surface area contributed by atoms with Crippen LogP contribution in [-0.4, -0.2) is 0 Å².